The molecule has 1 aliphatic heterocycles. The van der Waals surface area contributed by atoms with Gasteiger partial charge in [-0.05, 0) is 25.1 Å². The number of carbonyl (C=O) groups excluding carboxylic acids is 1. The summed E-state index contributed by atoms with van der Waals surface area (Å²) in [6.07, 6.45) is 0. The third-order valence-electron chi connectivity index (χ3n) is 3.06. The van der Waals surface area contributed by atoms with Crippen LogP contribution in [0.1, 0.15) is 6.92 Å². The lowest BCUT2D eigenvalue weighted by Crippen LogP contribution is -2.48. The van der Waals surface area contributed by atoms with Gasteiger partial charge in [-0.15, -0.1) is 11.8 Å². The molecule has 4 nitrogen and oxygen atoms in total. The topological polar surface area (TPSA) is 58.4 Å². The molecule has 1 heterocycles. The Morgan fingerprint density at radius 1 is 1.47 bits per heavy atom. The Balaban J connectivity index is 2.01. The molecule has 0 saturated carbocycles. The van der Waals surface area contributed by atoms with Gasteiger partial charge >= 0.3 is 0 Å². The maximum Gasteiger partial charge on any atom is 0.235 e. The van der Waals surface area contributed by atoms with E-state index in [1.165, 1.54) is 11.8 Å². The van der Waals surface area contributed by atoms with E-state index in [-0.39, 0.29) is 11.2 Å². The average molecular weight is 300 g/mol. The van der Waals surface area contributed by atoms with Crippen molar-refractivity contribution in [3.63, 3.8) is 0 Å². The number of amides is 1. The molecular formula is C13H18ClN3OS. The number of benzene rings is 1. The Bertz CT molecular complexity index is 463. The third kappa shape index (κ3) is 3.78. The Kier molecular flexibility index (Phi) is 4.96. The van der Waals surface area contributed by atoms with Crippen LogP contribution in [0.5, 0.6) is 0 Å². The van der Waals surface area contributed by atoms with Crippen LogP contribution in [-0.2, 0) is 4.79 Å². The first-order valence-corrected chi connectivity index (χ1v) is 7.55. The summed E-state index contributed by atoms with van der Waals surface area (Å²) >= 11 is 7.42. The molecule has 0 aliphatic carbocycles. The second kappa shape index (κ2) is 6.50. The van der Waals surface area contributed by atoms with Crippen LogP contribution in [0.15, 0.2) is 23.1 Å². The first-order valence-electron chi connectivity index (χ1n) is 6.29. The number of rotatable bonds is 3. The second-order valence-corrected chi connectivity index (χ2v) is 6.34. The van der Waals surface area contributed by atoms with Gasteiger partial charge in [-0.1, -0.05) is 11.6 Å². The molecule has 1 aromatic carbocycles. The van der Waals surface area contributed by atoms with E-state index in [0.717, 1.165) is 31.1 Å². The van der Waals surface area contributed by atoms with E-state index in [1.54, 1.807) is 12.1 Å². The van der Waals surface area contributed by atoms with Gasteiger partial charge in [-0.3, -0.25) is 4.79 Å². The minimum absolute atomic E-state index is 0.154. The fourth-order valence-corrected chi connectivity index (χ4v) is 3.26. The quantitative estimate of drug-likeness (QED) is 0.660. The Labute approximate surface area is 122 Å². The van der Waals surface area contributed by atoms with Gasteiger partial charge in [-0.25, -0.2) is 0 Å². The monoisotopic (exact) mass is 299 g/mol. The van der Waals surface area contributed by atoms with Crippen molar-refractivity contribution in [3.05, 3.63) is 23.2 Å². The number of nitrogen functional groups attached to an aromatic ring is 1. The predicted molar refractivity (Wildman–Crippen MR) is 80.6 cm³/mol. The van der Waals surface area contributed by atoms with E-state index >= 15 is 0 Å². The van der Waals surface area contributed by atoms with Gasteiger partial charge in [-0.2, -0.15) is 0 Å². The second-order valence-electron chi connectivity index (χ2n) is 4.52. The molecule has 1 atom stereocenters. The van der Waals surface area contributed by atoms with E-state index in [0.29, 0.717) is 10.7 Å². The van der Waals surface area contributed by atoms with Crippen LogP contribution >= 0.6 is 23.4 Å². The first kappa shape index (κ1) is 14.5. The maximum atomic E-state index is 12.3. The van der Waals surface area contributed by atoms with Crippen molar-refractivity contribution < 1.29 is 4.79 Å². The highest BCUT2D eigenvalue weighted by atomic mass is 35.5. The predicted octanol–water partition coefficient (Wildman–Crippen LogP) is 1.83. The van der Waals surface area contributed by atoms with Crippen LogP contribution in [0.25, 0.3) is 0 Å². The number of hydrogen-bond donors (Lipinski definition) is 2. The molecule has 19 heavy (non-hydrogen) atoms. The SMILES string of the molecule is CC(Sc1cc(Cl)ccc1N)C(=O)N1CCNCC1. The van der Waals surface area contributed by atoms with Crippen LogP contribution in [-0.4, -0.2) is 42.2 Å². The number of nitrogens with zero attached hydrogens (tertiary/aromatic N) is 1. The lowest BCUT2D eigenvalue weighted by Gasteiger charge is -2.29. The zero-order valence-corrected chi connectivity index (χ0v) is 12.4. The van der Waals surface area contributed by atoms with Gasteiger partial charge in [0.05, 0.1) is 5.25 Å². The molecule has 0 aromatic heterocycles. The van der Waals surface area contributed by atoms with E-state index in [2.05, 4.69) is 5.32 Å². The van der Waals surface area contributed by atoms with Gasteiger partial charge in [0.25, 0.3) is 0 Å². The summed E-state index contributed by atoms with van der Waals surface area (Å²) in [5.41, 5.74) is 6.56. The van der Waals surface area contributed by atoms with Gasteiger partial charge in [0.1, 0.15) is 0 Å². The third-order valence-corrected chi connectivity index (χ3v) is 4.45. The molecule has 1 fully saturated rings. The number of thioether (sulfide) groups is 1. The van der Waals surface area contributed by atoms with Crippen molar-refractivity contribution >= 4 is 35.0 Å². The molecule has 1 aliphatic rings. The average Bonchev–Trinajstić information content (AvgIpc) is 2.43. The fourth-order valence-electron chi connectivity index (χ4n) is 1.99. The number of carbonyl (C=O) groups is 1. The fraction of sp³-hybridized carbons (Fsp3) is 0.462. The van der Waals surface area contributed by atoms with Crippen LogP contribution in [0.3, 0.4) is 0 Å². The lowest BCUT2D eigenvalue weighted by molar-refractivity contribution is -0.130. The van der Waals surface area contributed by atoms with Gasteiger partial charge in [0.15, 0.2) is 0 Å². The van der Waals surface area contributed by atoms with Crippen LogP contribution in [0.4, 0.5) is 5.69 Å². The standard InChI is InChI=1S/C13H18ClN3OS/c1-9(13(18)17-6-4-16-5-7-17)19-12-8-10(14)2-3-11(12)15/h2-3,8-9,16H,4-7,15H2,1H3. The molecule has 6 heteroatoms. The summed E-state index contributed by atoms with van der Waals surface area (Å²) in [5.74, 6) is 0.158. The number of nitrogens with two attached hydrogens (primary N) is 1. The Hall–Kier alpha value is -0.910. The molecule has 0 bridgehead atoms. The lowest BCUT2D eigenvalue weighted by atomic mass is 10.3. The molecule has 104 valence electrons. The minimum atomic E-state index is -0.154. The number of anilines is 1. The van der Waals surface area contributed by atoms with Crippen LogP contribution in [0.2, 0.25) is 5.02 Å². The molecule has 0 radical (unpaired) electrons. The van der Waals surface area contributed by atoms with Gasteiger partial charge < -0.3 is 16.0 Å². The van der Waals surface area contributed by atoms with E-state index < -0.39 is 0 Å². The largest absolute Gasteiger partial charge is 0.398 e. The number of hydrogen-bond acceptors (Lipinski definition) is 4. The van der Waals surface area contributed by atoms with E-state index in [4.69, 9.17) is 17.3 Å². The summed E-state index contributed by atoms with van der Waals surface area (Å²) in [4.78, 5) is 15.1. The minimum Gasteiger partial charge on any atom is -0.398 e. The zero-order valence-electron chi connectivity index (χ0n) is 10.9. The summed E-state index contributed by atoms with van der Waals surface area (Å²) in [6, 6.07) is 5.33. The molecule has 1 saturated heterocycles. The molecule has 1 unspecified atom stereocenters. The highest BCUT2D eigenvalue weighted by Gasteiger charge is 2.23. The van der Waals surface area contributed by atoms with Crippen molar-refractivity contribution in [1.82, 2.24) is 10.2 Å². The smallest absolute Gasteiger partial charge is 0.235 e. The van der Waals surface area contributed by atoms with Crippen molar-refractivity contribution in [2.24, 2.45) is 0 Å². The normalized spacial score (nSPS) is 17.3. The van der Waals surface area contributed by atoms with E-state index in [1.807, 2.05) is 17.9 Å². The Morgan fingerprint density at radius 3 is 2.84 bits per heavy atom. The highest BCUT2D eigenvalue weighted by Crippen LogP contribution is 2.31. The highest BCUT2D eigenvalue weighted by molar-refractivity contribution is 8.00. The summed E-state index contributed by atoms with van der Waals surface area (Å²) in [6.45, 7) is 5.18. The van der Waals surface area contributed by atoms with Crippen molar-refractivity contribution in [1.29, 1.82) is 0 Å². The van der Waals surface area contributed by atoms with Crippen LogP contribution < -0.4 is 11.1 Å². The van der Waals surface area contributed by atoms with Crippen molar-refractivity contribution in [3.8, 4) is 0 Å². The molecule has 1 aromatic rings. The number of nitrogens with one attached hydrogen (secondary N) is 1. The molecular weight excluding hydrogens is 282 g/mol. The maximum absolute atomic E-state index is 12.3. The summed E-state index contributed by atoms with van der Waals surface area (Å²) in [7, 11) is 0. The van der Waals surface area contributed by atoms with Crippen molar-refractivity contribution in [2.75, 3.05) is 31.9 Å². The van der Waals surface area contributed by atoms with Gasteiger partial charge in [0, 0.05) is 41.8 Å². The van der Waals surface area contributed by atoms with Gasteiger partial charge in [0.2, 0.25) is 5.91 Å². The first-order chi connectivity index (χ1) is 9.08. The Morgan fingerprint density at radius 2 is 2.16 bits per heavy atom. The molecule has 3 N–H and O–H groups in total. The van der Waals surface area contributed by atoms with E-state index in [9.17, 15) is 4.79 Å². The summed E-state index contributed by atoms with van der Waals surface area (Å²) in [5, 5.41) is 3.72. The molecule has 0 spiro atoms. The summed E-state index contributed by atoms with van der Waals surface area (Å²) < 4.78 is 0. The zero-order chi connectivity index (χ0) is 13.8. The molecule has 2 rings (SSSR count). The number of halogens is 1. The van der Waals surface area contributed by atoms with Crippen LogP contribution in [0, 0.1) is 0 Å². The molecule has 1 amide bonds. The van der Waals surface area contributed by atoms with Crippen molar-refractivity contribution in [2.45, 2.75) is 17.1 Å². The number of piperazine rings is 1.